The molecule has 1 amide bonds. The van der Waals surface area contributed by atoms with Gasteiger partial charge in [0.2, 0.25) is 5.91 Å². The highest BCUT2D eigenvalue weighted by Gasteiger charge is 2.20. The lowest BCUT2D eigenvalue weighted by molar-refractivity contribution is -0.131. The molecule has 0 aliphatic heterocycles. The van der Waals surface area contributed by atoms with E-state index < -0.39 is 6.04 Å². The predicted molar refractivity (Wildman–Crippen MR) is 67.5 cm³/mol. The summed E-state index contributed by atoms with van der Waals surface area (Å²) in [4.78, 5) is 13.2. The lowest BCUT2D eigenvalue weighted by Crippen LogP contribution is -2.30. The molecule has 1 aromatic carbocycles. The van der Waals surface area contributed by atoms with Crippen molar-refractivity contribution >= 4 is 17.5 Å². The molecule has 0 fully saturated rings. The Morgan fingerprint density at radius 3 is 2.82 bits per heavy atom. The van der Waals surface area contributed by atoms with Crippen LogP contribution in [0.5, 0.6) is 0 Å². The quantitative estimate of drug-likeness (QED) is 0.824. The van der Waals surface area contributed by atoms with Gasteiger partial charge in [-0.25, -0.2) is 0 Å². The van der Waals surface area contributed by atoms with Gasteiger partial charge in [0.1, 0.15) is 6.04 Å². The van der Waals surface area contributed by atoms with Crippen LogP contribution in [0.4, 0.5) is 0 Å². The van der Waals surface area contributed by atoms with Crippen LogP contribution in [-0.2, 0) is 4.79 Å². The molecule has 0 saturated carbocycles. The van der Waals surface area contributed by atoms with Crippen LogP contribution in [0.25, 0.3) is 0 Å². The van der Waals surface area contributed by atoms with Crippen molar-refractivity contribution in [1.82, 2.24) is 4.90 Å². The molecule has 90 valence electrons. The molecule has 0 saturated heterocycles. The summed E-state index contributed by atoms with van der Waals surface area (Å²) in [5.74, 6) is -0.0287. The Labute approximate surface area is 107 Å². The van der Waals surface area contributed by atoms with E-state index in [4.69, 9.17) is 11.6 Å². The molecule has 1 aromatic rings. The van der Waals surface area contributed by atoms with E-state index in [1.54, 1.807) is 31.3 Å². The molecular formula is C13H15ClN2O. The summed E-state index contributed by atoms with van der Waals surface area (Å²) < 4.78 is 0. The summed E-state index contributed by atoms with van der Waals surface area (Å²) >= 11 is 5.88. The molecule has 3 nitrogen and oxygen atoms in total. The van der Waals surface area contributed by atoms with Gasteiger partial charge in [-0.2, -0.15) is 5.26 Å². The molecule has 0 aliphatic rings. The molecule has 0 N–H and O–H groups in total. The van der Waals surface area contributed by atoms with Gasteiger partial charge in [0.05, 0.1) is 6.07 Å². The van der Waals surface area contributed by atoms with Crippen LogP contribution in [-0.4, -0.2) is 17.9 Å². The van der Waals surface area contributed by atoms with E-state index in [0.717, 1.165) is 12.0 Å². The van der Waals surface area contributed by atoms with Crippen LogP contribution in [0.2, 0.25) is 5.02 Å². The molecule has 4 heteroatoms. The normalized spacial score (nSPS) is 11.6. The maximum Gasteiger partial charge on any atom is 0.223 e. The molecule has 0 bridgehead atoms. The molecule has 0 radical (unpaired) electrons. The van der Waals surface area contributed by atoms with E-state index in [-0.39, 0.29) is 5.91 Å². The Morgan fingerprint density at radius 1 is 1.59 bits per heavy atom. The number of benzene rings is 1. The van der Waals surface area contributed by atoms with Crippen molar-refractivity contribution in [2.75, 3.05) is 7.05 Å². The van der Waals surface area contributed by atoms with Crippen molar-refractivity contribution in [3.05, 3.63) is 34.9 Å². The zero-order chi connectivity index (χ0) is 12.8. The van der Waals surface area contributed by atoms with Gasteiger partial charge < -0.3 is 4.90 Å². The Kier molecular flexibility index (Phi) is 4.99. The summed E-state index contributed by atoms with van der Waals surface area (Å²) in [6, 6.07) is 8.59. The smallest absolute Gasteiger partial charge is 0.223 e. The van der Waals surface area contributed by atoms with Crippen LogP contribution < -0.4 is 0 Å². The van der Waals surface area contributed by atoms with Gasteiger partial charge in [-0.1, -0.05) is 30.7 Å². The molecule has 0 aromatic heterocycles. The highest BCUT2D eigenvalue weighted by Crippen LogP contribution is 2.22. The van der Waals surface area contributed by atoms with Crippen molar-refractivity contribution in [3.63, 3.8) is 0 Å². The average molecular weight is 251 g/mol. The Balaban J connectivity index is 2.93. The highest BCUT2D eigenvalue weighted by atomic mass is 35.5. The number of amides is 1. The summed E-state index contributed by atoms with van der Waals surface area (Å²) in [5.41, 5.74) is 0.743. The van der Waals surface area contributed by atoms with E-state index in [0.29, 0.717) is 11.4 Å². The van der Waals surface area contributed by atoms with Crippen LogP contribution >= 0.6 is 11.6 Å². The summed E-state index contributed by atoms with van der Waals surface area (Å²) in [5, 5.41) is 9.74. The Hall–Kier alpha value is -1.53. The van der Waals surface area contributed by atoms with E-state index in [1.807, 2.05) is 6.92 Å². The van der Waals surface area contributed by atoms with E-state index in [1.165, 1.54) is 4.90 Å². The van der Waals surface area contributed by atoms with Gasteiger partial charge in [0.25, 0.3) is 0 Å². The monoisotopic (exact) mass is 250 g/mol. The third-order valence-corrected chi connectivity index (χ3v) is 2.77. The first-order valence-corrected chi connectivity index (χ1v) is 5.88. The number of hydrogen-bond acceptors (Lipinski definition) is 2. The van der Waals surface area contributed by atoms with E-state index >= 15 is 0 Å². The van der Waals surface area contributed by atoms with Gasteiger partial charge >= 0.3 is 0 Å². The van der Waals surface area contributed by atoms with Gasteiger partial charge in [-0.05, 0) is 24.1 Å². The zero-order valence-corrected chi connectivity index (χ0v) is 10.7. The maximum atomic E-state index is 11.7. The Bertz CT molecular complexity index is 439. The molecule has 0 heterocycles. The van der Waals surface area contributed by atoms with Crippen LogP contribution in [0.1, 0.15) is 31.4 Å². The maximum absolute atomic E-state index is 11.7. The molecule has 0 spiro atoms. The second kappa shape index (κ2) is 6.27. The van der Waals surface area contributed by atoms with Gasteiger partial charge in [0, 0.05) is 18.5 Å². The standard InChI is InChI=1S/C13H15ClN2O/c1-3-5-13(17)16(2)12(9-15)10-6-4-7-11(14)8-10/h4,6-8,12H,3,5H2,1-2H3. The molecular weight excluding hydrogens is 236 g/mol. The van der Waals surface area contributed by atoms with Gasteiger partial charge in [0.15, 0.2) is 0 Å². The summed E-state index contributed by atoms with van der Waals surface area (Å²) in [7, 11) is 1.65. The average Bonchev–Trinajstić information content (AvgIpc) is 2.30. The van der Waals surface area contributed by atoms with Gasteiger partial charge in [-0.15, -0.1) is 0 Å². The minimum Gasteiger partial charge on any atom is -0.326 e. The first-order chi connectivity index (χ1) is 8.10. The van der Waals surface area contributed by atoms with Crippen molar-refractivity contribution in [1.29, 1.82) is 5.26 Å². The predicted octanol–water partition coefficient (Wildman–Crippen LogP) is 3.16. The lowest BCUT2D eigenvalue weighted by Gasteiger charge is -2.23. The number of nitrogens with zero attached hydrogens (tertiary/aromatic N) is 2. The third-order valence-electron chi connectivity index (χ3n) is 2.53. The second-order valence-corrected chi connectivity index (χ2v) is 4.28. The minimum atomic E-state index is -0.576. The van der Waals surface area contributed by atoms with Crippen molar-refractivity contribution in [2.45, 2.75) is 25.8 Å². The molecule has 1 rings (SSSR count). The first kappa shape index (κ1) is 13.5. The van der Waals surface area contributed by atoms with Crippen molar-refractivity contribution in [2.24, 2.45) is 0 Å². The fourth-order valence-corrected chi connectivity index (χ4v) is 1.79. The summed E-state index contributed by atoms with van der Waals surface area (Å²) in [6.07, 6.45) is 1.23. The molecule has 1 unspecified atom stereocenters. The molecule has 0 aliphatic carbocycles. The van der Waals surface area contributed by atoms with E-state index in [2.05, 4.69) is 6.07 Å². The minimum absolute atomic E-state index is 0.0287. The fraction of sp³-hybridized carbons (Fsp3) is 0.385. The number of halogens is 1. The SMILES string of the molecule is CCCC(=O)N(C)C(C#N)c1cccc(Cl)c1. The lowest BCUT2D eigenvalue weighted by atomic mass is 10.1. The van der Waals surface area contributed by atoms with Crippen LogP contribution in [0, 0.1) is 11.3 Å². The number of carbonyl (C=O) groups is 1. The van der Waals surface area contributed by atoms with Crippen molar-refractivity contribution in [3.8, 4) is 6.07 Å². The number of carbonyl (C=O) groups excluding carboxylic acids is 1. The Morgan fingerprint density at radius 2 is 2.29 bits per heavy atom. The zero-order valence-electron chi connectivity index (χ0n) is 9.98. The van der Waals surface area contributed by atoms with Crippen LogP contribution in [0.3, 0.4) is 0 Å². The second-order valence-electron chi connectivity index (χ2n) is 3.84. The largest absolute Gasteiger partial charge is 0.326 e. The van der Waals surface area contributed by atoms with E-state index in [9.17, 15) is 10.1 Å². The number of hydrogen-bond donors (Lipinski definition) is 0. The highest BCUT2D eigenvalue weighted by molar-refractivity contribution is 6.30. The van der Waals surface area contributed by atoms with Crippen LogP contribution in [0.15, 0.2) is 24.3 Å². The van der Waals surface area contributed by atoms with Crippen molar-refractivity contribution < 1.29 is 4.79 Å². The molecule has 17 heavy (non-hydrogen) atoms. The molecule has 1 atom stereocenters. The number of rotatable bonds is 4. The number of nitriles is 1. The first-order valence-electron chi connectivity index (χ1n) is 5.51. The fourth-order valence-electron chi connectivity index (χ4n) is 1.60. The van der Waals surface area contributed by atoms with Gasteiger partial charge in [-0.3, -0.25) is 4.79 Å². The topological polar surface area (TPSA) is 44.1 Å². The summed E-state index contributed by atoms with van der Waals surface area (Å²) in [6.45, 7) is 1.94. The third kappa shape index (κ3) is 3.47.